The standard InChI is InChI=1S/C19H21ClN2O5S/c1-21(11-13-6-4-5-7-16(13)26-2)19(23)18-12-22(28(3,24)25)15-10-14(20)8-9-17(15)27-18/h4-10,18H,11-12H2,1-3H3/t18-/m0/s1. The van der Waals surface area contributed by atoms with Crippen molar-refractivity contribution in [1.29, 1.82) is 0 Å². The van der Waals surface area contributed by atoms with E-state index in [1.54, 1.807) is 26.3 Å². The van der Waals surface area contributed by atoms with Crippen molar-refractivity contribution in [3.05, 3.63) is 53.1 Å². The number of hydrogen-bond donors (Lipinski definition) is 0. The van der Waals surface area contributed by atoms with Crippen molar-refractivity contribution in [2.45, 2.75) is 12.6 Å². The molecule has 1 heterocycles. The van der Waals surface area contributed by atoms with E-state index in [0.717, 1.165) is 16.1 Å². The van der Waals surface area contributed by atoms with E-state index in [-0.39, 0.29) is 12.5 Å². The highest BCUT2D eigenvalue weighted by Gasteiger charge is 2.36. The predicted molar refractivity (Wildman–Crippen MR) is 108 cm³/mol. The van der Waals surface area contributed by atoms with Gasteiger partial charge in [-0.3, -0.25) is 9.10 Å². The van der Waals surface area contributed by atoms with Crippen LogP contribution in [-0.4, -0.2) is 52.3 Å². The Labute approximate surface area is 169 Å². The van der Waals surface area contributed by atoms with E-state index in [2.05, 4.69) is 0 Å². The Morgan fingerprint density at radius 2 is 2.04 bits per heavy atom. The van der Waals surface area contributed by atoms with Gasteiger partial charge in [0.1, 0.15) is 11.5 Å². The Kier molecular flexibility index (Phi) is 5.71. The second-order valence-electron chi connectivity index (χ2n) is 6.52. The first-order chi connectivity index (χ1) is 13.2. The molecule has 0 unspecified atom stereocenters. The minimum atomic E-state index is -3.61. The molecule has 3 rings (SSSR count). The van der Waals surface area contributed by atoms with Crippen molar-refractivity contribution in [2.24, 2.45) is 0 Å². The van der Waals surface area contributed by atoms with Gasteiger partial charge < -0.3 is 14.4 Å². The lowest BCUT2D eigenvalue weighted by atomic mass is 10.1. The maximum atomic E-state index is 13.0. The third-order valence-corrected chi connectivity index (χ3v) is 5.82. The van der Waals surface area contributed by atoms with Crippen molar-refractivity contribution >= 4 is 33.2 Å². The van der Waals surface area contributed by atoms with Crippen LogP contribution in [0.2, 0.25) is 5.02 Å². The van der Waals surface area contributed by atoms with Crippen molar-refractivity contribution < 1.29 is 22.7 Å². The van der Waals surface area contributed by atoms with Gasteiger partial charge in [0.05, 0.1) is 25.6 Å². The van der Waals surface area contributed by atoms with Gasteiger partial charge in [0.25, 0.3) is 5.91 Å². The fourth-order valence-corrected chi connectivity index (χ4v) is 4.15. The SMILES string of the molecule is COc1ccccc1CN(C)C(=O)[C@@H]1CN(S(C)(=O)=O)c2cc(Cl)ccc2O1. The molecule has 1 amide bonds. The number of nitrogens with zero attached hydrogens (tertiary/aromatic N) is 2. The average molecular weight is 425 g/mol. The summed E-state index contributed by atoms with van der Waals surface area (Å²) < 4.78 is 36.8. The Morgan fingerprint density at radius 1 is 1.32 bits per heavy atom. The molecular formula is C19H21ClN2O5S. The number of ether oxygens (including phenoxy) is 2. The largest absolute Gasteiger partial charge is 0.496 e. The summed E-state index contributed by atoms with van der Waals surface area (Å²) in [5, 5.41) is 0.383. The van der Waals surface area contributed by atoms with Crippen molar-refractivity contribution in [1.82, 2.24) is 4.90 Å². The summed E-state index contributed by atoms with van der Waals surface area (Å²) in [6, 6.07) is 12.1. The Balaban J connectivity index is 1.85. The molecule has 2 aromatic carbocycles. The Morgan fingerprint density at radius 3 is 2.71 bits per heavy atom. The summed E-state index contributed by atoms with van der Waals surface area (Å²) in [7, 11) is -0.408. The van der Waals surface area contributed by atoms with Crippen LogP contribution in [0.5, 0.6) is 11.5 Å². The highest BCUT2D eigenvalue weighted by molar-refractivity contribution is 7.92. The lowest BCUT2D eigenvalue weighted by Gasteiger charge is -2.35. The van der Waals surface area contributed by atoms with Gasteiger partial charge in [0.15, 0.2) is 6.10 Å². The number of methoxy groups -OCH3 is 1. The monoisotopic (exact) mass is 424 g/mol. The number of para-hydroxylation sites is 1. The minimum Gasteiger partial charge on any atom is -0.496 e. The molecule has 1 aliphatic heterocycles. The maximum absolute atomic E-state index is 13.0. The van der Waals surface area contributed by atoms with Gasteiger partial charge in [-0.05, 0) is 24.3 Å². The highest BCUT2D eigenvalue weighted by Crippen LogP contribution is 2.37. The summed E-state index contributed by atoms with van der Waals surface area (Å²) in [6.07, 6.45) is 0.117. The third kappa shape index (κ3) is 4.18. The lowest BCUT2D eigenvalue weighted by Crippen LogP contribution is -2.50. The number of halogens is 1. The second kappa shape index (κ2) is 7.89. The summed E-state index contributed by atoms with van der Waals surface area (Å²) in [5.74, 6) is 0.634. The van der Waals surface area contributed by atoms with Crippen molar-refractivity contribution in [3.63, 3.8) is 0 Å². The Hall–Kier alpha value is -2.45. The predicted octanol–water partition coefficient (Wildman–Crippen LogP) is 2.53. The van der Waals surface area contributed by atoms with Crippen LogP contribution in [0.3, 0.4) is 0 Å². The van der Waals surface area contributed by atoms with E-state index < -0.39 is 16.1 Å². The topological polar surface area (TPSA) is 76.2 Å². The van der Waals surface area contributed by atoms with Crippen LogP contribution in [-0.2, 0) is 21.4 Å². The van der Waals surface area contributed by atoms with E-state index in [9.17, 15) is 13.2 Å². The van der Waals surface area contributed by atoms with E-state index >= 15 is 0 Å². The van der Waals surface area contributed by atoms with Crippen LogP contribution in [0.1, 0.15) is 5.56 Å². The molecule has 0 spiro atoms. The van der Waals surface area contributed by atoms with Gasteiger partial charge in [0, 0.05) is 24.2 Å². The maximum Gasteiger partial charge on any atom is 0.265 e. The van der Waals surface area contributed by atoms with Crippen LogP contribution < -0.4 is 13.8 Å². The van der Waals surface area contributed by atoms with Gasteiger partial charge in [-0.1, -0.05) is 29.8 Å². The molecule has 150 valence electrons. The molecule has 2 aromatic rings. The van der Waals surface area contributed by atoms with E-state index in [1.807, 2.05) is 24.3 Å². The zero-order chi connectivity index (χ0) is 20.5. The molecular weight excluding hydrogens is 404 g/mol. The van der Waals surface area contributed by atoms with Crippen LogP contribution >= 0.6 is 11.6 Å². The third-order valence-electron chi connectivity index (χ3n) is 4.44. The van der Waals surface area contributed by atoms with E-state index in [1.165, 1.54) is 11.0 Å². The average Bonchev–Trinajstić information content (AvgIpc) is 2.66. The first-order valence-electron chi connectivity index (χ1n) is 8.51. The van der Waals surface area contributed by atoms with E-state index in [0.29, 0.717) is 28.8 Å². The van der Waals surface area contributed by atoms with E-state index in [4.69, 9.17) is 21.1 Å². The number of anilines is 1. The molecule has 1 atom stereocenters. The minimum absolute atomic E-state index is 0.124. The van der Waals surface area contributed by atoms with Crippen LogP contribution in [0.4, 0.5) is 5.69 Å². The number of sulfonamides is 1. The zero-order valence-corrected chi connectivity index (χ0v) is 17.3. The first-order valence-corrected chi connectivity index (χ1v) is 10.7. The van der Waals surface area contributed by atoms with Crippen molar-refractivity contribution in [3.8, 4) is 11.5 Å². The highest BCUT2D eigenvalue weighted by atomic mass is 35.5. The number of amides is 1. The van der Waals surface area contributed by atoms with Crippen LogP contribution in [0.15, 0.2) is 42.5 Å². The van der Waals surface area contributed by atoms with Crippen LogP contribution in [0, 0.1) is 0 Å². The molecule has 0 bridgehead atoms. The second-order valence-corrected chi connectivity index (χ2v) is 8.86. The number of likely N-dealkylation sites (N-methyl/N-ethyl adjacent to an activating group) is 1. The molecule has 0 N–H and O–H groups in total. The summed E-state index contributed by atoms with van der Waals surface area (Å²) in [5.41, 5.74) is 1.16. The molecule has 0 radical (unpaired) electrons. The first kappa shape index (κ1) is 20.3. The van der Waals surface area contributed by atoms with Gasteiger partial charge >= 0.3 is 0 Å². The fourth-order valence-electron chi connectivity index (χ4n) is 3.08. The molecule has 1 aliphatic rings. The number of benzene rings is 2. The van der Waals surface area contributed by atoms with Crippen molar-refractivity contribution in [2.75, 3.05) is 31.3 Å². The van der Waals surface area contributed by atoms with Crippen LogP contribution in [0.25, 0.3) is 0 Å². The molecule has 7 nitrogen and oxygen atoms in total. The molecule has 0 aromatic heterocycles. The number of rotatable bonds is 5. The summed E-state index contributed by atoms with van der Waals surface area (Å²) in [6.45, 7) is 0.177. The molecule has 0 saturated heterocycles. The normalized spacial score (nSPS) is 16.1. The van der Waals surface area contributed by atoms with Gasteiger partial charge in [-0.15, -0.1) is 0 Å². The summed E-state index contributed by atoms with van der Waals surface area (Å²) in [4.78, 5) is 14.5. The molecule has 0 aliphatic carbocycles. The Bertz CT molecular complexity index is 996. The number of fused-ring (bicyclic) bond motifs is 1. The summed E-state index contributed by atoms with van der Waals surface area (Å²) >= 11 is 6.00. The fraction of sp³-hybridized carbons (Fsp3) is 0.316. The number of carbonyl (C=O) groups excluding carboxylic acids is 1. The molecule has 9 heteroatoms. The van der Waals surface area contributed by atoms with Gasteiger partial charge in [-0.2, -0.15) is 0 Å². The van der Waals surface area contributed by atoms with Gasteiger partial charge in [0.2, 0.25) is 10.0 Å². The number of carbonyl (C=O) groups is 1. The quantitative estimate of drug-likeness (QED) is 0.737. The number of hydrogen-bond acceptors (Lipinski definition) is 5. The zero-order valence-electron chi connectivity index (χ0n) is 15.8. The van der Waals surface area contributed by atoms with Gasteiger partial charge in [-0.25, -0.2) is 8.42 Å². The molecule has 0 fully saturated rings. The smallest absolute Gasteiger partial charge is 0.265 e. The lowest BCUT2D eigenvalue weighted by molar-refractivity contribution is -0.137. The molecule has 28 heavy (non-hydrogen) atoms. The molecule has 0 saturated carbocycles.